The van der Waals surface area contributed by atoms with Crippen molar-refractivity contribution in [2.75, 3.05) is 18.4 Å². The van der Waals surface area contributed by atoms with Crippen molar-refractivity contribution < 1.29 is 9.18 Å². The minimum atomic E-state index is -0.298. The first kappa shape index (κ1) is 15.4. The highest BCUT2D eigenvalue weighted by Gasteiger charge is 2.22. The Morgan fingerprint density at radius 2 is 1.91 bits per heavy atom. The molecule has 5 nitrogen and oxygen atoms in total. The Morgan fingerprint density at radius 1 is 1.22 bits per heavy atom. The maximum atomic E-state index is 12.9. The van der Waals surface area contributed by atoms with Gasteiger partial charge in [-0.25, -0.2) is 14.4 Å². The summed E-state index contributed by atoms with van der Waals surface area (Å²) in [4.78, 5) is 22.5. The zero-order chi connectivity index (χ0) is 16.2. The second-order valence-corrected chi connectivity index (χ2v) is 5.90. The number of likely N-dealkylation sites (tertiary alicyclic amines) is 1. The third kappa shape index (κ3) is 3.83. The van der Waals surface area contributed by atoms with Crippen molar-refractivity contribution in [1.82, 2.24) is 14.9 Å². The molecule has 2 heterocycles. The van der Waals surface area contributed by atoms with Crippen LogP contribution in [0.1, 0.15) is 30.3 Å². The lowest BCUT2D eigenvalue weighted by Gasteiger charge is -2.30. The van der Waals surface area contributed by atoms with Gasteiger partial charge in [0.15, 0.2) is 0 Å². The van der Waals surface area contributed by atoms with Crippen LogP contribution in [0.5, 0.6) is 0 Å². The van der Waals surface area contributed by atoms with Crippen molar-refractivity contribution in [2.45, 2.75) is 19.8 Å². The van der Waals surface area contributed by atoms with Crippen LogP contribution in [-0.4, -0.2) is 33.9 Å². The summed E-state index contributed by atoms with van der Waals surface area (Å²) in [7, 11) is 0. The average Bonchev–Trinajstić information content (AvgIpc) is 2.57. The Balaban J connectivity index is 1.71. The quantitative estimate of drug-likeness (QED) is 0.945. The average molecular weight is 314 g/mol. The third-order valence-electron chi connectivity index (χ3n) is 4.07. The molecule has 23 heavy (non-hydrogen) atoms. The van der Waals surface area contributed by atoms with E-state index in [2.05, 4.69) is 22.2 Å². The van der Waals surface area contributed by atoms with E-state index in [1.165, 1.54) is 18.5 Å². The van der Waals surface area contributed by atoms with Crippen molar-refractivity contribution in [1.29, 1.82) is 0 Å². The van der Waals surface area contributed by atoms with Crippen LogP contribution in [0, 0.1) is 11.7 Å². The lowest BCUT2D eigenvalue weighted by molar-refractivity contribution is 0.0691. The molecule has 1 fully saturated rings. The topological polar surface area (TPSA) is 58.1 Å². The minimum absolute atomic E-state index is 0.0681. The Morgan fingerprint density at radius 3 is 2.61 bits per heavy atom. The lowest BCUT2D eigenvalue weighted by atomic mass is 9.99. The number of piperidine rings is 1. The molecule has 120 valence electrons. The lowest BCUT2D eigenvalue weighted by Crippen LogP contribution is -2.38. The maximum Gasteiger partial charge on any atom is 0.272 e. The van der Waals surface area contributed by atoms with E-state index in [1.807, 2.05) is 4.90 Å². The fourth-order valence-electron chi connectivity index (χ4n) is 2.60. The van der Waals surface area contributed by atoms with E-state index in [0.29, 0.717) is 23.1 Å². The van der Waals surface area contributed by atoms with E-state index >= 15 is 0 Å². The zero-order valence-corrected chi connectivity index (χ0v) is 13.0. The Hall–Kier alpha value is -2.50. The van der Waals surface area contributed by atoms with Crippen LogP contribution in [0.2, 0.25) is 0 Å². The summed E-state index contributed by atoms with van der Waals surface area (Å²) in [6, 6.07) is 7.59. The molecule has 0 radical (unpaired) electrons. The van der Waals surface area contributed by atoms with Crippen molar-refractivity contribution in [3.63, 3.8) is 0 Å². The molecule has 0 unspecified atom stereocenters. The van der Waals surface area contributed by atoms with Gasteiger partial charge in [-0.3, -0.25) is 4.79 Å². The molecule has 3 rings (SSSR count). The fraction of sp³-hybridized carbons (Fsp3) is 0.353. The summed E-state index contributed by atoms with van der Waals surface area (Å²) in [6.07, 6.45) is 3.42. The van der Waals surface area contributed by atoms with Crippen molar-refractivity contribution in [3.05, 3.63) is 48.2 Å². The summed E-state index contributed by atoms with van der Waals surface area (Å²) in [6.45, 7) is 3.74. The Kier molecular flexibility index (Phi) is 4.50. The van der Waals surface area contributed by atoms with E-state index in [0.717, 1.165) is 25.9 Å². The highest BCUT2D eigenvalue weighted by atomic mass is 19.1. The monoisotopic (exact) mass is 314 g/mol. The number of halogens is 1. The molecule has 1 aliphatic heterocycles. The summed E-state index contributed by atoms with van der Waals surface area (Å²) in [5, 5.41) is 3.05. The highest BCUT2D eigenvalue weighted by molar-refractivity contribution is 5.93. The number of hydrogen-bond donors (Lipinski definition) is 1. The van der Waals surface area contributed by atoms with Crippen molar-refractivity contribution in [2.24, 2.45) is 5.92 Å². The molecule has 0 atom stereocenters. The molecule has 1 aromatic heterocycles. The molecule has 0 saturated carbocycles. The normalized spacial score (nSPS) is 15.5. The Labute approximate surface area is 134 Å². The van der Waals surface area contributed by atoms with Crippen LogP contribution in [0.3, 0.4) is 0 Å². The number of nitrogens with one attached hydrogen (secondary N) is 1. The second kappa shape index (κ2) is 6.73. The van der Waals surface area contributed by atoms with E-state index in [9.17, 15) is 9.18 Å². The summed E-state index contributed by atoms with van der Waals surface area (Å²) < 4.78 is 12.9. The van der Waals surface area contributed by atoms with Gasteiger partial charge in [-0.05, 0) is 43.0 Å². The Bertz CT molecular complexity index is 681. The fourth-order valence-corrected chi connectivity index (χ4v) is 2.60. The number of carbonyl (C=O) groups is 1. The van der Waals surface area contributed by atoms with Gasteiger partial charge in [-0.2, -0.15) is 0 Å². The summed E-state index contributed by atoms with van der Waals surface area (Å²) >= 11 is 0. The molecule has 0 spiro atoms. The van der Waals surface area contributed by atoms with Crippen molar-refractivity contribution in [3.8, 4) is 0 Å². The van der Waals surface area contributed by atoms with Gasteiger partial charge in [0.2, 0.25) is 0 Å². The van der Waals surface area contributed by atoms with Crippen LogP contribution < -0.4 is 5.32 Å². The number of aromatic nitrogens is 2. The summed E-state index contributed by atoms with van der Waals surface area (Å²) in [5.74, 6) is 0.815. The molecule has 1 aliphatic rings. The van der Waals surface area contributed by atoms with Gasteiger partial charge in [0.25, 0.3) is 5.91 Å². The number of carbonyl (C=O) groups excluding carboxylic acids is 1. The van der Waals surface area contributed by atoms with Crippen molar-refractivity contribution >= 4 is 17.4 Å². The first-order valence-electron chi connectivity index (χ1n) is 7.76. The highest BCUT2D eigenvalue weighted by Crippen LogP contribution is 2.19. The van der Waals surface area contributed by atoms with Gasteiger partial charge in [0.05, 0.1) is 0 Å². The predicted octanol–water partition coefficient (Wildman–Crippen LogP) is 3.23. The van der Waals surface area contributed by atoms with Gasteiger partial charge >= 0.3 is 0 Å². The molecule has 0 bridgehead atoms. The first-order chi connectivity index (χ1) is 11.1. The summed E-state index contributed by atoms with van der Waals surface area (Å²) in [5.41, 5.74) is 1.08. The largest absolute Gasteiger partial charge is 0.340 e. The molecule has 0 aliphatic carbocycles. The van der Waals surface area contributed by atoms with E-state index < -0.39 is 0 Å². The number of hydrogen-bond acceptors (Lipinski definition) is 4. The predicted molar refractivity (Wildman–Crippen MR) is 86.0 cm³/mol. The molecule has 1 amide bonds. The molecular weight excluding hydrogens is 295 g/mol. The molecule has 6 heteroatoms. The number of rotatable bonds is 3. The van der Waals surface area contributed by atoms with Gasteiger partial charge in [-0.15, -0.1) is 0 Å². The van der Waals surface area contributed by atoms with Gasteiger partial charge in [-0.1, -0.05) is 6.92 Å². The van der Waals surface area contributed by atoms with E-state index in [-0.39, 0.29) is 11.7 Å². The molecule has 1 N–H and O–H groups in total. The molecular formula is C17H19FN4O. The third-order valence-corrected chi connectivity index (χ3v) is 4.07. The van der Waals surface area contributed by atoms with Crippen LogP contribution >= 0.6 is 0 Å². The van der Waals surface area contributed by atoms with Gasteiger partial charge < -0.3 is 10.2 Å². The van der Waals surface area contributed by atoms with E-state index in [4.69, 9.17) is 0 Å². The van der Waals surface area contributed by atoms with E-state index in [1.54, 1.807) is 18.2 Å². The van der Waals surface area contributed by atoms with Crippen LogP contribution in [0.15, 0.2) is 36.7 Å². The number of benzene rings is 1. The molecule has 1 aromatic carbocycles. The maximum absolute atomic E-state index is 12.9. The molecule has 1 saturated heterocycles. The SMILES string of the molecule is CC1CCN(C(=O)c2cc(Nc3ccc(F)cc3)ncn2)CC1. The molecule has 2 aromatic rings. The number of nitrogens with zero attached hydrogens (tertiary/aromatic N) is 3. The first-order valence-corrected chi connectivity index (χ1v) is 7.76. The standard InChI is InChI=1S/C17H19FN4O/c1-12-6-8-22(9-7-12)17(23)15-10-16(20-11-19-15)21-14-4-2-13(18)3-5-14/h2-5,10-12H,6-9H2,1H3,(H,19,20,21). The zero-order valence-electron chi connectivity index (χ0n) is 13.0. The smallest absolute Gasteiger partial charge is 0.272 e. The minimum Gasteiger partial charge on any atom is -0.340 e. The number of anilines is 2. The number of amides is 1. The van der Waals surface area contributed by atoms with Gasteiger partial charge in [0, 0.05) is 24.8 Å². The van der Waals surface area contributed by atoms with Gasteiger partial charge in [0.1, 0.15) is 23.7 Å². The van der Waals surface area contributed by atoms with Crippen LogP contribution in [0.25, 0.3) is 0 Å². The van der Waals surface area contributed by atoms with Crippen LogP contribution in [-0.2, 0) is 0 Å². The van der Waals surface area contributed by atoms with Crippen LogP contribution in [0.4, 0.5) is 15.9 Å². The second-order valence-electron chi connectivity index (χ2n) is 5.90.